The van der Waals surface area contributed by atoms with Gasteiger partial charge in [0.15, 0.2) is 0 Å². The van der Waals surface area contributed by atoms with Gasteiger partial charge in [0.25, 0.3) is 0 Å². The van der Waals surface area contributed by atoms with Crippen LogP contribution in [0.1, 0.15) is 55.4 Å². The van der Waals surface area contributed by atoms with Crippen LogP contribution in [0.5, 0.6) is 0 Å². The summed E-state index contributed by atoms with van der Waals surface area (Å²) in [5.74, 6) is 1.19. The minimum atomic E-state index is -1.59. The van der Waals surface area contributed by atoms with E-state index in [9.17, 15) is 0 Å². The Morgan fingerprint density at radius 2 is 1.00 bits per heavy atom. The van der Waals surface area contributed by atoms with Crippen LogP contribution in [0.2, 0.25) is 13.1 Å². The molecule has 0 aromatic carbocycles. The lowest BCUT2D eigenvalue weighted by molar-refractivity contribution is 0.516. The van der Waals surface area contributed by atoms with Crippen molar-refractivity contribution in [3.05, 3.63) is 45.8 Å². The molecule has 0 amide bonds. The van der Waals surface area contributed by atoms with Crippen molar-refractivity contribution >= 4 is 8.07 Å². The average molecular weight is 329 g/mol. The number of hydrogen-bond donors (Lipinski definition) is 0. The summed E-state index contributed by atoms with van der Waals surface area (Å²) < 4.78 is 0. The lowest BCUT2D eigenvalue weighted by Crippen LogP contribution is -2.36. The topological polar surface area (TPSA) is 0 Å². The van der Waals surface area contributed by atoms with Crippen LogP contribution in [0.15, 0.2) is 45.8 Å². The molecule has 0 heterocycles. The molecule has 0 N–H and O–H groups in total. The van der Waals surface area contributed by atoms with E-state index >= 15 is 0 Å². The third-order valence-electron chi connectivity index (χ3n) is 5.64. The molecule has 1 heteroatoms. The third kappa shape index (κ3) is 3.50. The van der Waals surface area contributed by atoms with Crippen LogP contribution in [0.4, 0.5) is 0 Å². The molecular formula is C22H36Si. The molecule has 0 nitrogen and oxygen atoms in total. The first-order valence-electron chi connectivity index (χ1n) is 9.13. The van der Waals surface area contributed by atoms with Gasteiger partial charge in [0.1, 0.15) is 8.07 Å². The molecule has 0 aromatic rings. The zero-order valence-electron chi connectivity index (χ0n) is 17.0. The Hall–Kier alpha value is -0.823. The van der Waals surface area contributed by atoms with Gasteiger partial charge in [-0.3, -0.25) is 0 Å². The summed E-state index contributed by atoms with van der Waals surface area (Å²) in [6, 6.07) is 0. The molecule has 2 atom stereocenters. The fourth-order valence-corrected chi connectivity index (χ4v) is 7.82. The Morgan fingerprint density at radius 1 is 0.696 bits per heavy atom. The highest BCUT2D eigenvalue weighted by atomic mass is 28.3. The van der Waals surface area contributed by atoms with Crippen LogP contribution >= 0.6 is 0 Å². The Labute approximate surface area is 145 Å². The number of allylic oxidation sites excluding steroid dienone is 8. The van der Waals surface area contributed by atoms with Crippen LogP contribution < -0.4 is 0 Å². The molecule has 2 rings (SSSR count). The second-order valence-electron chi connectivity index (χ2n) is 10.1. The minimum absolute atomic E-state index is 0.255. The van der Waals surface area contributed by atoms with Crippen LogP contribution in [0.3, 0.4) is 0 Å². The van der Waals surface area contributed by atoms with E-state index in [0.29, 0.717) is 11.8 Å². The second kappa shape index (κ2) is 5.62. The molecule has 2 aliphatic rings. The summed E-state index contributed by atoms with van der Waals surface area (Å²) in [5, 5.41) is 3.42. The van der Waals surface area contributed by atoms with E-state index in [1.165, 1.54) is 11.1 Å². The van der Waals surface area contributed by atoms with Gasteiger partial charge >= 0.3 is 0 Å². The summed E-state index contributed by atoms with van der Waals surface area (Å²) in [7, 11) is -1.59. The Bertz CT molecular complexity index is 555. The smallest absolute Gasteiger partial charge is 0.0743 e. The molecule has 0 saturated heterocycles. The van der Waals surface area contributed by atoms with Crippen LogP contribution in [-0.4, -0.2) is 8.07 Å². The Kier molecular flexibility index (Phi) is 4.52. The Balaban J connectivity index is 2.38. The maximum Gasteiger partial charge on any atom is 0.104 e. The first-order chi connectivity index (χ1) is 10.2. The molecule has 0 bridgehead atoms. The lowest BCUT2D eigenvalue weighted by Gasteiger charge is -2.31. The van der Waals surface area contributed by atoms with E-state index in [-0.39, 0.29) is 10.8 Å². The molecule has 0 aliphatic heterocycles. The standard InChI is InChI=1S/C22H36Si/c1-15-11-17(21(3,4)5)13-19(15)23(9,10)20-14-18(12-16(20)2)22(6,7)8/h11-16H,1-10H3. The molecule has 0 aromatic heterocycles. The van der Waals surface area contributed by atoms with Crippen LogP contribution in [-0.2, 0) is 0 Å². The highest BCUT2D eigenvalue weighted by Gasteiger charge is 2.40. The average Bonchev–Trinajstić information content (AvgIpc) is 2.91. The fraction of sp³-hybridized carbons (Fsp3) is 0.636. The molecule has 128 valence electrons. The maximum absolute atomic E-state index is 2.55. The lowest BCUT2D eigenvalue weighted by atomic mass is 9.87. The van der Waals surface area contributed by atoms with Gasteiger partial charge in [-0.1, -0.05) is 103 Å². The molecule has 0 fully saturated rings. The molecule has 0 saturated carbocycles. The van der Waals surface area contributed by atoms with Crippen molar-refractivity contribution in [1.82, 2.24) is 0 Å². The second-order valence-corrected chi connectivity index (χ2v) is 14.6. The first-order valence-corrected chi connectivity index (χ1v) is 12.1. The third-order valence-corrected chi connectivity index (χ3v) is 9.72. The first kappa shape index (κ1) is 18.5. The minimum Gasteiger partial charge on any atom is -0.0743 e. The SMILES string of the molecule is CC1C=C(C(C)(C)C)C=C1[Si](C)(C)C1=CC(C(C)(C)C)=CC1C. The van der Waals surface area contributed by atoms with Gasteiger partial charge < -0.3 is 0 Å². The fourth-order valence-electron chi connectivity index (χ4n) is 4.01. The maximum atomic E-state index is 2.55. The Morgan fingerprint density at radius 3 is 1.22 bits per heavy atom. The van der Waals surface area contributed by atoms with E-state index < -0.39 is 8.07 Å². The normalized spacial score (nSPS) is 26.0. The molecule has 2 unspecified atom stereocenters. The van der Waals surface area contributed by atoms with Crippen molar-refractivity contribution in [2.24, 2.45) is 22.7 Å². The van der Waals surface area contributed by atoms with Gasteiger partial charge in [-0.2, -0.15) is 0 Å². The molecule has 0 spiro atoms. The summed E-state index contributed by atoms with van der Waals surface area (Å²) in [4.78, 5) is 0. The molecular weight excluding hydrogens is 292 g/mol. The van der Waals surface area contributed by atoms with Gasteiger partial charge in [0, 0.05) is 0 Å². The van der Waals surface area contributed by atoms with Crippen molar-refractivity contribution in [2.75, 3.05) is 0 Å². The van der Waals surface area contributed by atoms with Crippen molar-refractivity contribution in [3.8, 4) is 0 Å². The van der Waals surface area contributed by atoms with Crippen LogP contribution in [0.25, 0.3) is 0 Å². The largest absolute Gasteiger partial charge is 0.104 e. The quantitative estimate of drug-likeness (QED) is 0.485. The molecule has 23 heavy (non-hydrogen) atoms. The van der Waals surface area contributed by atoms with Gasteiger partial charge in [0.05, 0.1) is 0 Å². The summed E-state index contributed by atoms with van der Waals surface area (Å²) in [5.41, 5.74) is 3.56. The predicted octanol–water partition coefficient (Wildman–Crippen LogP) is 6.87. The molecule has 2 aliphatic carbocycles. The predicted molar refractivity (Wildman–Crippen MR) is 107 cm³/mol. The van der Waals surface area contributed by atoms with Gasteiger partial charge in [0.2, 0.25) is 0 Å². The zero-order chi connectivity index (χ0) is 17.8. The van der Waals surface area contributed by atoms with E-state index in [1.54, 1.807) is 10.4 Å². The number of hydrogen-bond acceptors (Lipinski definition) is 0. The van der Waals surface area contributed by atoms with E-state index in [4.69, 9.17) is 0 Å². The van der Waals surface area contributed by atoms with Gasteiger partial charge in [-0.15, -0.1) is 0 Å². The van der Waals surface area contributed by atoms with Crippen molar-refractivity contribution < 1.29 is 0 Å². The van der Waals surface area contributed by atoms with E-state index in [0.717, 1.165) is 0 Å². The van der Waals surface area contributed by atoms with Crippen molar-refractivity contribution in [2.45, 2.75) is 68.5 Å². The number of rotatable bonds is 2. The van der Waals surface area contributed by atoms with Crippen molar-refractivity contribution in [3.63, 3.8) is 0 Å². The highest BCUT2D eigenvalue weighted by molar-refractivity contribution is 6.91. The monoisotopic (exact) mass is 328 g/mol. The van der Waals surface area contributed by atoms with Crippen molar-refractivity contribution in [1.29, 1.82) is 0 Å². The summed E-state index contributed by atoms with van der Waals surface area (Å²) >= 11 is 0. The summed E-state index contributed by atoms with van der Waals surface area (Å²) in [6.45, 7) is 23.9. The van der Waals surface area contributed by atoms with Crippen LogP contribution in [0, 0.1) is 22.7 Å². The summed E-state index contributed by atoms with van der Waals surface area (Å²) in [6.07, 6.45) is 10.1. The van der Waals surface area contributed by atoms with E-state index in [1.807, 2.05) is 0 Å². The highest BCUT2D eigenvalue weighted by Crippen LogP contribution is 2.45. The molecule has 0 radical (unpaired) electrons. The zero-order valence-corrected chi connectivity index (χ0v) is 18.0. The van der Waals surface area contributed by atoms with E-state index in [2.05, 4.69) is 92.8 Å². The van der Waals surface area contributed by atoms with Gasteiger partial charge in [-0.05, 0) is 33.8 Å². The van der Waals surface area contributed by atoms with Gasteiger partial charge in [-0.25, -0.2) is 0 Å².